The third-order valence-electron chi connectivity index (χ3n) is 15.3. The number of nitrogens with zero attached hydrogens (tertiary/aromatic N) is 5. The normalized spacial score (nSPS) is 17.4. The van der Waals surface area contributed by atoms with Gasteiger partial charge in [0.05, 0.1) is 24.3 Å². The summed E-state index contributed by atoms with van der Waals surface area (Å²) in [5.74, 6) is -5.78. The summed E-state index contributed by atoms with van der Waals surface area (Å²) in [5, 5.41) is 8.16. The van der Waals surface area contributed by atoms with Crippen LogP contribution in [0.25, 0.3) is 11.3 Å². The number of nitrogens with two attached hydrogens (primary N) is 1. The Balaban J connectivity index is 0.976. The summed E-state index contributed by atoms with van der Waals surface area (Å²) in [6, 6.07) is 16.8. The SMILES string of the molecule is CC(C)C(=O)N(C[C@@H]1CN(C(=O)OCc2ccc(NC(=O)[C@H](CCCNC(N)=O)CC(=O)[C@@H](NC(=O)CCCCCN3C(=O)C=CC3=O)C(C)C)cc2)C[C@@H]1F)[C@@H](c1nc(-c2cc(F)ccc2F)cn1Cc1ccccc1)C1CCOCC1. The lowest BCUT2D eigenvalue weighted by Gasteiger charge is -2.40. The number of hydrogen-bond acceptors (Lipinski definition) is 11. The summed E-state index contributed by atoms with van der Waals surface area (Å²) in [5.41, 5.74) is 7.20. The van der Waals surface area contributed by atoms with Crippen molar-refractivity contribution in [1.29, 1.82) is 0 Å². The summed E-state index contributed by atoms with van der Waals surface area (Å²) < 4.78 is 59.7. The smallest absolute Gasteiger partial charge is 0.410 e. The fourth-order valence-electron chi connectivity index (χ4n) is 10.8. The number of likely N-dealkylation sites (tertiary alicyclic amines) is 1. The van der Waals surface area contributed by atoms with Crippen molar-refractivity contribution < 1.29 is 61.0 Å². The number of Topliss-reactive ketones (excluding diaryl/α,β-unsaturated/α-hetero) is 1. The van der Waals surface area contributed by atoms with Crippen molar-refractivity contribution >= 4 is 53.1 Å². The average molecular weight is 1150 g/mol. The molecule has 0 spiro atoms. The molecule has 0 unspecified atom stereocenters. The van der Waals surface area contributed by atoms with Crippen LogP contribution in [0.15, 0.2) is 91.1 Å². The van der Waals surface area contributed by atoms with Gasteiger partial charge in [0, 0.05) is 106 Å². The third-order valence-corrected chi connectivity index (χ3v) is 15.3. The second kappa shape index (κ2) is 29.9. The van der Waals surface area contributed by atoms with Crippen LogP contribution in [0.5, 0.6) is 0 Å². The van der Waals surface area contributed by atoms with Crippen LogP contribution in [0.2, 0.25) is 0 Å². The molecule has 2 saturated heterocycles. The van der Waals surface area contributed by atoms with Crippen LogP contribution in [0.3, 0.4) is 0 Å². The number of halogens is 3. The van der Waals surface area contributed by atoms with Gasteiger partial charge >= 0.3 is 12.1 Å². The van der Waals surface area contributed by atoms with E-state index < -0.39 is 65.7 Å². The Morgan fingerprint density at radius 2 is 1.58 bits per heavy atom. The number of imidazole rings is 1. The van der Waals surface area contributed by atoms with E-state index in [1.165, 1.54) is 17.1 Å². The molecule has 0 saturated carbocycles. The van der Waals surface area contributed by atoms with Crippen molar-refractivity contribution in [2.75, 3.05) is 51.3 Å². The van der Waals surface area contributed by atoms with E-state index in [0.29, 0.717) is 75.4 Å². The van der Waals surface area contributed by atoms with Gasteiger partial charge in [-0.2, -0.15) is 0 Å². The number of aromatic nitrogens is 2. The number of alkyl halides is 1. The van der Waals surface area contributed by atoms with Crippen LogP contribution in [0, 0.1) is 41.2 Å². The molecule has 0 radical (unpaired) electrons. The molecule has 4 aromatic rings. The van der Waals surface area contributed by atoms with Crippen molar-refractivity contribution in [1.82, 2.24) is 34.9 Å². The summed E-state index contributed by atoms with van der Waals surface area (Å²) in [6.45, 7) is 7.97. The highest BCUT2D eigenvalue weighted by atomic mass is 19.1. The Morgan fingerprint density at radius 1 is 0.867 bits per heavy atom. The number of benzene rings is 3. The number of nitrogens with one attached hydrogen (secondary N) is 3. The summed E-state index contributed by atoms with van der Waals surface area (Å²) in [7, 11) is 0. The standard InChI is InChI=1S/C61H76F3N9O10/c1-38(2)55(69-52(75)15-9-6-10-27-72-53(76)22-23-54(72)77)51(74)30-43(14-11-26-66-60(65)80)58(78)67-46-19-16-41(17-20-46)37-83-61(81)71-33-44(49(64)35-71)34-73(59(79)39(3)4)56(42-24-28-82-29-25-42)57-68-50(47-31-45(62)18-21-48(47)63)36-70(57)32-40-12-7-5-8-13-40/h5,7-8,12-13,16-23,31,36,38-39,42-44,49,55-56H,6,9-11,14-15,24-30,32-35,37H2,1-4H3,(H,67,78)(H,69,75)(H3,65,66,80)/t43-,44+,49+,55+,56-/m1/s1. The molecular weight excluding hydrogens is 1080 g/mol. The van der Waals surface area contributed by atoms with Gasteiger partial charge in [0.15, 0.2) is 5.78 Å². The van der Waals surface area contributed by atoms with Crippen molar-refractivity contribution in [3.63, 3.8) is 0 Å². The lowest BCUT2D eigenvalue weighted by molar-refractivity contribution is -0.141. The van der Waals surface area contributed by atoms with E-state index in [9.17, 15) is 42.7 Å². The fraction of sp³-hybridized carbons (Fsp3) is 0.492. The van der Waals surface area contributed by atoms with Crippen LogP contribution < -0.4 is 21.7 Å². The molecular formula is C61H76F3N9O10. The first-order valence-corrected chi connectivity index (χ1v) is 28.5. The van der Waals surface area contributed by atoms with Crippen molar-refractivity contribution in [2.24, 2.45) is 35.3 Å². The van der Waals surface area contributed by atoms with E-state index in [-0.39, 0.29) is 111 Å². The molecule has 5 atom stereocenters. The van der Waals surface area contributed by atoms with Gasteiger partial charge in [-0.05, 0) is 91.8 Å². The molecule has 83 heavy (non-hydrogen) atoms. The average Bonchev–Trinajstić information content (AvgIpc) is 4.39. The second-order valence-electron chi connectivity index (χ2n) is 22.2. The number of imide groups is 1. The highest BCUT2D eigenvalue weighted by molar-refractivity contribution is 6.12. The molecule has 19 nitrogen and oxygen atoms in total. The number of primary amides is 1. The molecule has 3 aromatic carbocycles. The molecule has 1 aromatic heterocycles. The lowest BCUT2D eigenvalue weighted by Crippen LogP contribution is -2.47. The largest absolute Gasteiger partial charge is 0.445 e. The Morgan fingerprint density at radius 3 is 2.25 bits per heavy atom. The van der Waals surface area contributed by atoms with E-state index in [4.69, 9.17) is 20.2 Å². The first-order valence-electron chi connectivity index (χ1n) is 28.5. The van der Waals surface area contributed by atoms with Crippen LogP contribution in [-0.4, -0.2) is 130 Å². The lowest BCUT2D eigenvalue weighted by atomic mass is 9.88. The monoisotopic (exact) mass is 1150 g/mol. The van der Waals surface area contributed by atoms with Crippen molar-refractivity contribution in [2.45, 2.75) is 117 Å². The van der Waals surface area contributed by atoms with Gasteiger partial charge in [-0.15, -0.1) is 0 Å². The van der Waals surface area contributed by atoms with Gasteiger partial charge in [-0.3, -0.25) is 33.7 Å². The number of unbranched alkanes of at least 4 members (excludes halogenated alkanes) is 2. The highest BCUT2D eigenvalue weighted by Crippen LogP contribution is 2.39. The molecule has 5 N–H and O–H groups in total. The van der Waals surface area contributed by atoms with Crippen LogP contribution >= 0.6 is 0 Å². The predicted octanol–water partition coefficient (Wildman–Crippen LogP) is 8.02. The highest BCUT2D eigenvalue weighted by Gasteiger charge is 2.43. The topological polar surface area (TPSA) is 245 Å². The fourth-order valence-corrected chi connectivity index (χ4v) is 10.8. The molecule has 3 aliphatic rings. The number of hydrogen-bond donors (Lipinski definition) is 4. The van der Waals surface area contributed by atoms with Crippen molar-refractivity contribution in [3.05, 3.63) is 120 Å². The third kappa shape index (κ3) is 17.6. The Bertz CT molecular complexity index is 2930. The zero-order valence-corrected chi connectivity index (χ0v) is 47.5. The van der Waals surface area contributed by atoms with Gasteiger partial charge in [-0.25, -0.2) is 27.7 Å². The van der Waals surface area contributed by atoms with E-state index >= 15 is 8.78 Å². The molecule has 2 fully saturated rings. The number of carbonyl (C=O) groups excluding carboxylic acids is 8. The molecule has 3 aliphatic heterocycles. The Hall–Kier alpha value is -7.88. The number of urea groups is 1. The van der Waals surface area contributed by atoms with Gasteiger partial charge < -0.3 is 45.5 Å². The van der Waals surface area contributed by atoms with E-state index in [1.54, 1.807) is 63.1 Å². The van der Waals surface area contributed by atoms with Crippen LogP contribution in [0.1, 0.15) is 108 Å². The number of ketones is 1. The quantitative estimate of drug-likeness (QED) is 0.0313. The Labute approximate surface area is 481 Å². The number of anilines is 1. The molecule has 446 valence electrons. The first kappa shape index (κ1) is 62.7. The van der Waals surface area contributed by atoms with Gasteiger partial charge in [0.2, 0.25) is 17.7 Å². The number of ether oxygens (including phenoxy) is 2. The molecule has 0 bridgehead atoms. The molecule has 4 heterocycles. The second-order valence-corrected chi connectivity index (χ2v) is 22.2. The molecule has 0 aliphatic carbocycles. The summed E-state index contributed by atoms with van der Waals surface area (Å²) >= 11 is 0. The maximum absolute atomic E-state index is 16.4. The number of amides is 8. The summed E-state index contributed by atoms with van der Waals surface area (Å²) in [4.78, 5) is 113. The molecule has 22 heteroatoms. The van der Waals surface area contributed by atoms with Gasteiger partial charge in [-0.1, -0.05) is 76.6 Å². The maximum Gasteiger partial charge on any atom is 0.410 e. The molecule has 8 amide bonds. The zero-order valence-electron chi connectivity index (χ0n) is 47.5. The molecule has 7 rings (SSSR count). The Kier molecular flexibility index (Phi) is 22.6. The predicted molar refractivity (Wildman–Crippen MR) is 302 cm³/mol. The minimum absolute atomic E-state index is 0.0452. The van der Waals surface area contributed by atoms with Gasteiger partial charge in [0.25, 0.3) is 11.8 Å². The minimum Gasteiger partial charge on any atom is -0.445 e. The number of rotatable bonds is 28. The number of carbonyl (C=O) groups is 8. The van der Waals surface area contributed by atoms with E-state index in [0.717, 1.165) is 28.7 Å². The van der Waals surface area contributed by atoms with Crippen LogP contribution in [0.4, 0.5) is 28.4 Å². The first-order chi connectivity index (χ1) is 39.8. The summed E-state index contributed by atoms with van der Waals surface area (Å²) in [6.07, 6.45) is 4.86. The maximum atomic E-state index is 16.4. The van der Waals surface area contributed by atoms with Gasteiger partial charge in [0.1, 0.15) is 30.2 Å². The van der Waals surface area contributed by atoms with Crippen LogP contribution in [-0.2, 0) is 51.4 Å². The van der Waals surface area contributed by atoms with E-state index in [1.807, 2.05) is 34.9 Å². The van der Waals surface area contributed by atoms with Crippen molar-refractivity contribution in [3.8, 4) is 11.3 Å². The zero-order chi connectivity index (χ0) is 59.7. The van der Waals surface area contributed by atoms with E-state index in [2.05, 4.69) is 16.0 Å². The minimum atomic E-state index is -1.54.